The average Bonchev–Trinajstić information content (AvgIpc) is 2.20. The van der Waals surface area contributed by atoms with Crippen LogP contribution in [0.25, 0.3) is 0 Å². The monoisotopic (exact) mass is 191 g/mol. The fourth-order valence-electron chi connectivity index (χ4n) is 0.630. The fourth-order valence-corrected chi connectivity index (χ4v) is 0.630. The van der Waals surface area contributed by atoms with Gasteiger partial charge >= 0.3 is 0 Å². The molecular formula is C9H9N3O2. The lowest BCUT2D eigenvalue weighted by atomic mass is 10.5. The van der Waals surface area contributed by atoms with Crippen LogP contribution in [0.15, 0.2) is 39.7 Å². The molecule has 0 bridgehead atoms. The van der Waals surface area contributed by atoms with Gasteiger partial charge in [0.2, 0.25) is 5.78 Å². The van der Waals surface area contributed by atoms with Crippen LogP contribution >= 0.6 is 0 Å². The minimum atomic E-state index is -0.287. The van der Waals surface area contributed by atoms with E-state index >= 15 is 0 Å². The van der Waals surface area contributed by atoms with E-state index in [0.717, 1.165) is 12.4 Å². The van der Waals surface area contributed by atoms with Crippen LogP contribution < -0.4 is 0 Å². The molecule has 0 saturated heterocycles. The van der Waals surface area contributed by atoms with Crippen LogP contribution in [0.3, 0.4) is 0 Å². The Kier molecular flexibility index (Phi) is 4.64. The summed E-state index contributed by atoms with van der Waals surface area (Å²) in [6, 6.07) is 0. The Hall–Kier alpha value is -2.04. The van der Waals surface area contributed by atoms with Gasteiger partial charge in [-0.1, -0.05) is 0 Å². The number of rotatable bonds is 0. The maximum Gasteiger partial charge on any atom is 0.214 e. The van der Waals surface area contributed by atoms with Crippen molar-refractivity contribution < 1.29 is 9.53 Å². The number of nitrogens with zero attached hydrogens (tertiary/aromatic N) is 3. The van der Waals surface area contributed by atoms with E-state index < -0.39 is 0 Å². The number of Topliss-reactive ketones (excluding diaryl/α,β-unsaturated/α-hetero) is 1. The molecule has 0 aromatic carbocycles. The van der Waals surface area contributed by atoms with Crippen molar-refractivity contribution in [3.63, 3.8) is 0 Å². The predicted molar refractivity (Wildman–Crippen MR) is 54.7 cm³/mol. The van der Waals surface area contributed by atoms with Gasteiger partial charge in [0.1, 0.15) is 0 Å². The quantitative estimate of drug-likeness (QED) is 0.566. The van der Waals surface area contributed by atoms with Crippen LogP contribution in [0.4, 0.5) is 0 Å². The molecule has 72 valence electrons. The normalized spacial score (nSPS) is 17.0. The second-order valence-corrected chi connectivity index (χ2v) is 2.21. The van der Waals surface area contributed by atoms with E-state index in [1.165, 1.54) is 24.9 Å². The Morgan fingerprint density at radius 2 is 2.07 bits per heavy atom. The maximum absolute atomic E-state index is 10.9. The van der Waals surface area contributed by atoms with Crippen molar-refractivity contribution in [1.82, 2.24) is 0 Å². The van der Waals surface area contributed by atoms with Crippen molar-refractivity contribution >= 4 is 24.4 Å². The van der Waals surface area contributed by atoms with Gasteiger partial charge in [-0.2, -0.15) is 0 Å². The molecule has 0 aliphatic carbocycles. The molecule has 0 saturated carbocycles. The minimum Gasteiger partial charge on any atom is -0.479 e. The van der Waals surface area contributed by atoms with Crippen molar-refractivity contribution in [1.29, 1.82) is 0 Å². The van der Waals surface area contributed by atoms with E-state index in [9.17, 15) is 4.79 Å². The van der Waals surface area contributed by atoms with Gasteiger partial charge in [0.05, 0.1) is 18.7 Å². The van der Waals surface area contributed by atoms with E-state index in [2.05, 4.69) is 15.0 Å². The summed E-state index contributed by atoms with van der Waals surface area (Å²) in [5, 5.41) is 0. The SMILES string of the molecule is O=C1C=NC=CN=CC=COCN=C1. The Morgan fingerprint density at radius 3 is 3.00 bits per heavy atom. The van der Waals surface area contributed by atoms with Crippen LogP contribution in [0, 0.1) is 0 Å². The summed E-state index contributed by atoms with van der Waals surface area (Å²) in [4.78, 5) is 22.2. The molecule has 1 aliphatic rings. The summed E-state index contributed by atoms with van der Waals surface area (Å²) in [7, 11) is 0. The first-order valence-corrected chi connectivity index (χ1v) is 3.91. The number of ketones is 1. The van der Waals surface area contributed by atoms with Crippen molar-refractivity contribution in [3.8, 4) is 0 Å². The lowest BCUT2D eigenvalue weighted by Gasteiger charge is -1.90. The number of hydrogen-bond donors (Lipinski definition) is 0. The summed E-state index contributed by atoms with van der Waals surface area (Å²) in [6.45, 7) is 0.108. The van der Waals surface area contributed by atoms with Crippen LogP contribution in [-0.4, -0.2) is 31.2 Å². The van der Waals surface area contributed by atoms with E-state index in [-0.39, 0.29) is 12.5 Å². The van der Waals surface area contributed by atoms with Crippen LogP contribution in [0.5, 0.6) is 0 Å². The standard InChI is InChI=1S/C9H9N3O2/c13-9-6-11-4-3-10-2-1-5-14-8-12-7-9/h1-7H,8H2. The van der Waals surface area contributed by atoms with Gasteiger partial charge in [-0.25, -0.2) is 4.99 Å². The Morgan fingerprint density at radius 1 is 1.21 bits per heavy atom. The van der Waals surface area contributed by atoms with Crippen LogP contribution in [-0.2, 0) is 9.53 Å². The summed E-state index contributed by atoms with van der Waals surface area (Å²) >= 11 is 0. The molecule has 0 aromatic heterocycles. The molecule has 5 heteroatoms. The molecule has 0 radical (unpaired) electrons. The zero-order chi connectivity index (χ0) is 10.1. The first kappa shape index (κ1) is 10.0. The van der Waals surface area contributed by atoms with Crippen molar-refractivity contribution in [2.75, 3.05) is 6.73 Å². The number of ether oxygens (including phenoxy) is 1. The smallest absolute Gasteiger partial charge is 0.214 e. The first-order chi connectivity index (χ1) is 6.89. The molecule has 0 atom stereocenters. The zero-order valence-electron chi connectivity index (χ0n) is 7.41. The molecule has 0 aromatic rings. The highest BCUT2D eigenvalue weighted by Crippen LogP contribution is 1.81. The van der Waals surface area contributed by atoms with E-state index in [1.807, 2.05) is 0 Å². The third-order valence-corrected chi connectivity index (χ3v) is 1.16. The predicted octanol–water partition coefficient (Wildman–Crippen LogP) is 0.740. The van der Waals surface area contributed by atoms with E-state index in [4.69, 9.17) is 4.74 Å². The molecule has 1 rings (SSSR count). The van der Waals surface area contributed by atoms with Crippen LogP contribution in [0.1, 0.15) is 0 Å². The van der Waals surface area contributed by atoms with Gasteiger partial charge in [-0.3, -0.25) is 14.8 Å². The summed E-state index contributed by atoms with van der Waals surface area (Å²) in [6.07, 6.45) is 9.78. The number of carbonyl (C=O) groups is 1. The molecule has 0 amide bonds. The molecule has 5 nitrogen and oxygen atoms in total. The van der Waals surface area contributed by atoms with Gasteiger partial charge < -0.3 is 4.74 Å². The Bertz CT molecular complexity index is 327. The number of carbonyl (C=O) groups excluding carboxylic acids is 1. The highest BCUT2D eigenvalue weighted by Gasteiger charge is 1.88. The van der Waals surface area contributed by atoms with Gasteiger partial charge in [0.25, 0.3) is 0 Å². The lowest BCUT2D eigenvalue weighted by Crippen LogP contribution is -2.00. The van der Waals surface area contributed by atoms with Gasteiger partial charge in [-0.05, 0) is 6.08 Å². The Labute approximate surface area is 81.2 Å². The lowest BCUT2D eigenvalue weighted by molar-refractivity contribution is -0.106. The molecule has 0 N–H and O–H groups in total. The largest absolute Gasteiger partial charge is 0.479 e. The fraction of sp³-hybridized carbons (Fsp3) is 0.111. The van der Waals surface area contributed by atoms with Crippen molar-refractivity contribution in [2.45, 2.75) is 0 Å². The summed E-state index contributed by atoms with van der Waals surface area (Å²) in [5.41, 5.74) is 0. The zero-order valence-corrected chi connectivity index (χ0v) is 7.41. The van der Waals surface area contributed by atoms with E-state index in [0.29, 0.717) is 0 Å². The summed E-state index contributed by atoms with van der Waals surface area (Å²) in [5.74, 6) is -0.287. The number of allylic oxidation sites excluding steroid dienone is 1. The summed E-state index contributed by atoms with van der Waals surface area (Å²) < 4.78 is 4.90. The van der Waals surface area contributed by atoms with Gasteiger partial charge in [0.15, 0.2) is 6.73 Å². The second-order valence-electron chi connectivity index (χ2n) is 2.21. The van der Waals surface area contributed by atoms with Gasteiger partial charge in [0, 0.05) is 18.6 Å². The average molecular weight is 191 g/mol. The molecule has 1 heterocycles. The number of hydrogen-bond acceptors (Lipinski definition) is 5. The van der Waals surface area contributed by atoms with Crippen molar-refractivity contribution in [2.24, 2.45) is 15.0 Å². The molecule has 0 fully saturated rings. The third kappa shape index (κ3) is 4.76. The Balaban J connectivity index is 2.65. The number of aliphatic imine (C=N–C) groups is 3. The van der Waals surface area contributed by atoms with Crippen molar-refractivity contribution in [3.05, 3.63) is 24.7 Å². The molecular weight excluding hydrogens is 182 g/mol. The first-order valence-electron chi connectivity index (χ1n) is 3.91. The highest BCUT2D eigenvalue weighted by atomic mass is 16.5. The minimum absolute atomic E-state index is 0.108. The highest BCUT2D eigenvalue weighted by molar-refractivity contribution is 6.53. The second kappa shape index (κ2) is 6.47. The molecule has 0 spiro atoms. The van der Waals surface area contributed by atoms with Crippen LogP contribution in [0.2, 0.25) is 0 Å². The molecule has 14 heavy (non-hydrogen) atoms. The maximum atomic E-state index is 10.9. The molecule has 1 aliphatic heterocycles. The van der Waals surface area contributed by atoms with E-state index in [1.54, 1.807) is 6.08 Å². The molecule has 0 unspecified atom stereocenters. The van der Waals surface area contributed by atoms with Gasteiger partial charge in [-0.15, -0.1) is 0 Å². The topological polar surface area (TPSA) is 63.4 Å². The third-order valence-electron chi connectivity index (χ3n) is 1.16.